The summed E-state index contributed by atoms with van der Waals surface area (Å²) in [4.78, 5) is 16.3. The van der Waals surface area contributed by atoms with Gasteiger partial charge in [-0.3, -0.25) is 4.79 Å². The van der Waals surface area contributed by atoms with Crippen molar-refractivity contribution in [3.63, 3.8) is 0 Å². The molecule has 2 aromatic heterocycles. The summed E-state index contributed by atoms with van der Waals surface area (Å²) in [5, 5.41) is 0.389. The zero-order valence-electron chi connectivity index (χ0n) is 14.9. The number of ether oxygens (including phenoxy) is 1. The second kappa shape index (κ2) is 8.73. The van der Waals surface area contributed by atoms with Gasteiger partial charge < -0.3 is 9.30 Å². The first-order chi connectivity index (χ1) is 12.2. The van der Waals surface area contributed by atoms with Gasteiger partial charge in [0.25, 0.3) is 0 Å². The van der Waals surface area contributed by atoms with Gasteiger partial charge in [-0.15, -0.1) is 0 Å². The van der Waals surface area contributed by atoms with Gasteiger partial charge in [-0.1, -0.05) is 11.8 Å². The van der Waals surface area contributed by atoms with Crippen LogP contribution in [0.4, 0.5) is 13.2 Å². The van der Waals surface area contributed by atoms with Crippen molar-refractivity contribution < 1.29 is 22.7 Å². The van der Waals surface area contributed by atoms with E-state index >= 15 is 0 Å². The number of alkyl halides is 3. The van der Waals surface area contributed by atoms with E-state index < -0.39 is 11.7 Å². The van der Waals surface area contributed by atoms with Gasteiger partial charge >= 0.3 is 6.18 Å². The van der Waals surface area contributed by atoms with Crippen LogP contribution in [0, 0.1) is 13.8 Å². The number of methoxy groups -OCH3 is 1. The Kier molecular flexibility index (Phi) is 6.88. The lowest BCUT2D eigenvalue weighted by atomic mass is 10.2. The summed E-state index contributed by atoms with van der Waals surface area (Å²) in [7, 11) is 1.65. The molecule has 0 bridgehead atoms. The van der Waals surface area contributed by atoms with Crippen LogP contribution in [-0.2, 0) is 17.5 Å². The Morgan fingerprint density at radius 3 is 2.62 bits per heavy atom. The highest BCUT2D eigenvalue weighted by molar-refractivity contribution is 7.99. The molecule has 0 saturated carbocycles. The zero-order valence-corrected chi connectivity index (χ0v) is 15.7. The Bertz CT molecular complexity index is 755. The standard InChI is InChI=1S/C18H21F3N2O2S/c1-12-9-15(13(2)23(12)7-4-8-25-3)16(24)11-26-17-6-5-14(10-22-17)18(19,20)21/h5-6,9-10H,4,7-8,11H2,1-3H3. The zero-order chi connectivity index (χ0) is 19.3. The molecule has 0 spiro atoms. The Labute approximate surface area is 154 Å². The molecule has 8 heteroatoms. The predicted octanol–water partition coefficient (Wildman–Crippen LogP) is 4.53. The minimum atomic E-state index is -4.41. The number of pyridine rings is 1. The highest BCUT2D eigenvalue weighted by Gasteiger charge is 2.30. The second-order valence-corrected chi connectivity index (χ2v) is 6.87. The fourth-order valence-electron chi connectivity index (χ4n) is 2.65. The molecule has 0 aliphatic carbocycles. The molecule has 0 fully saturated rings. The van der Waals surface area contributed by atoms with Crippen LogP contribution in [0.15, 0.2) is 29.4 Å². The number of carbonyl (C=O) groups excluding carboxylic acids is 1. The van der Waals surface area contributed by atoms with E-state index in [1.165, 1.54) is 6.07 Å². The van der Waals surface area contributed by atoms with Crippen LogP contribution in [0.3, 0.4) is 0 Å². The van der Waals surface area contributed by atoms with E-state index in [9.17, 15) is 18.0 Å². The molecule has 0 aromatic carbocycles. The summed E-state index contributed by atoms with van der Waals surface area (Å²) in [5.41, 5.74) is 1.73. The number of aryl methyl sites for hydroxylation is 1. The first-order valence-corrected chi connectivity index (χ1v) is 9.07. The van der Waals surface area contributed by atoms with Crippen molar-refractivity contribution in [3.05, 3.63) is 46.9 Å². The van der Waals surface area contributed by atoms with Crippen molar-refractivity contribution in [1.29, 1.82) is 0 Å². The van der Waals surface area contributed by atoms with Crippen molar-refractivity contribution in [2.24, 2.45) is 0 Å². The van der Waals surface area contributed by atoms with Crippen molar-refractivity contribution in [3.8, 4) is 0 Å². The number of hydrogen-bond acceptors (Lipinski definition) is 4. The van der Waals surface area contributed by atoms with Gasteiger partial charge in [0.1, 0.15) is 0 Å². The topological polar surface area (TPSA) is 44.1 Å². The lowest BCUT2D eigenvalue weighted by Gasteiger charge is -2.09. The van der Waals surface area contributed by atoms with Crippen LogP contribution in [0.1, 0.15) is 33.7 Å². The summed E-state index contributed by atoms with van der Waals surface area (Å²) < 4.78 is 44.7. The summed E-state index contributed by atoms with van der Waals surface area (Å²) in [6.07, 6.45) is -2.77. The first-order valence-electron chi connectivity index (χ1n) is 8.09. The third-order valence-electron chi connectivity index (χ3n) is 4.02. The highest BCUT2D eigenvalue weighted by Crippen LogP contribution is 2.29. The van der Waals surface area contributed by atoms with E-state index in [0.29, 0.717) is 17.2 Å². The summed E-state index contributed by atoms with van der Waals surface area (Å²) in [5.74, 6) is 0.0589. The van der Waals surface area contributed by atoms with Gasteiger partial charge in [0, 0.05) is 43.4 Å². The number of halogens is 3. The van der Waals surface area contributed by atoms with Crippen LogP contribution >= 0.6 is 11.8 Å². The second-order valence-electron chi connectivity index (χ2n) is 5.88. The number of hydrogen-bond donors (Lipinski definition) is 0. The molecule has 2 aromatic rings. The monoisotopic (exact) mass is 386 g/mol. The fourth-order valence-corrected chi connectivity index (χ4v) is 3.37. The van der Waals surface area contributed by atoms with Crippen LogP contribution in [0.2, 0.25) is 0 Å². The van der Waals surface area contributed by atoms with Crippen LogP contribution < -0.4 is 0 Å². The van der Waals surface area contributed by atoms with E-state index in [4.69, 9.17) is 4.74 Å². The minimum Gasteiger partial charge on any atom is -0.385 e. The maximum absolute atomic E-state index is 12.5. The molecular formula is C18H21F3N2O2S. The average molecular weight is 386 g/mol. The van der Waals surface area contributed by atoms with E-state index in [1.807, 2.05) is 19.9 Å². The van der Waals surface area contributed by atoms with E-state index in [0.717, 1.165) is 48.4 Å². The quantitative estimate of drug-likeness (QED) is 0.380. The predicted molar refractivity (Wildman–Crippen MR) is 94.7 cm³/mol. The number of carbonyl (C=O) groups is 1. The van der Waals surface area contributed by atoms with Crippen molar-refractivity contribution in [2.75, 3.05) is 19.5 Å². The lowest BCUT2D eigenvalue weighted by molar-refractivity contribution is -0.137. The SMILES string of the molecule is COCCCn1c(C)cc(C(=O)CSc2ccc(C(F)(F)F)cn2)c1C. The van der Waals surface area contributed by atoms with Gasteiger partial charge in [-0.2, -0.15) is 13.2 Å². The molecule has 0 radical (unpaired) electrons. The number of nitrogens with zero attached hydrogens (tertiary/aromatic N) is 2. The minimum absolute atomic E-state index is 0.0669. The lowest BCUT2D eigenvalue weighted by Crippen LogP contribution is -2.08. The molecular weight excluding hydrogens is 365 g/mol. The van der Waals surface area contributed by atoms with E-state index in [2.05, 4.69) is 9.55 Å². The third-order valence-corrected chi connectivity index (χ3v) is 4.96. The molecule has 0 N–H and O–H groups in total. The van der Waals surface area contributed by atoms with Gasteiger partial charge in [-0.05, 0) is 38.5 Å². The summed E-state index contributed by atoms with van der Waals surface area (Å²) in [6, 6.07) is 4.11. The third kappa shape index (κ3) is 5.11. The smallest absolute Gasteiger partial charge is 0.385 e. The summed E-state index contributed by atoms with van der Waals surface area (Å²) >= 11 is 1.13. The van der Waals surface area contributed by atoms with Crippen molar-refractivity contribution in [2.45, 2.75) is 38.0 Å². The number of rotatable bonds is 8. The van der Waals surface area contributed by atoms with Crippen LogP contribution in [-0.4, -0.2) is 34.8 Å². The maximum Gasteiger partial charge on any atom is 0.417 e. The number of aromatic nitrogens is 2. The van der Waals surface area contributed by atoms with Gasteiger partial charge in [0.2, 0.25) is 0 Å². The molecule has 2 heterocycles. The van der Waals surface area contributed by atoms with Crippen molar-refractivity contribution in [1.82, 2.24) is 9.55 Å². The molecule has 0 atom stereocenters. The van der Waals surface area contributed by atoms with Gasteiger partial charge in [0.15, 0.2) is 5.78 Å². The first kappa shape index (κ1) is 20.5. The number of ketones is 1. The Hall–Kier alpha value is -1.80. The Balaban J connectivity index is 2.01. The molecule has 26 heavy (non-hydrogen) atoms. The van der Waals surface area contributed by atoms with Crippen molar-refractivity contribution >= 4 is 17.5 Å². The summed E-state index contributed by atoms with van der Waals surface area (Å²) in [6.45, 7) is 5.26. The molecule has 0 aliphatic rings. The highest BCUT2D eigenvalue weighted by atomic mass is 32.2. The molecule has 142 valence electrons. The molecule has 2 rings (SSSR count). The van der Waals surface area contributed by atoms with Crippen LogP contribution in [0.5, 0.6) is 0 Å². The molecule has 0 amide bonds. The van der Waals surface area contributed by atoms with Crippen LogP contribution in [0.25, 0.3) is 0 Å². The largest absolute Gasteiger partial charge is 0.417 e. The molecule has 0 aliphatic heterocycles. The molecule has 4 nitrogen and oxygen atoms in total. The van der Waals surface area contributed by atoms with Gasteiger partial charge in [-0.25, -0.2) is 4.98 Å². The number of thioether (sulfide) groups is 1. The molecule has 0 unspecified atom stereocenters. The van der Waals surface area contributed by atoms with E-state index in [-0.39, 0.29) is 11.5 Å². The maximum atomic E-state index is 12.5. The Morgan fingerprint density at radius 2 is 2.04 bits per heavy atom. The van der Waals surface area contributed by atoms with Gasteiger partial charge in [0.05, 0.1) is 16.3 Å². The normalized spacial score (nSPS) is 11.8. The number of Topliss-reactive ketones (excluding diaryl/α,β-unsaturated/α-hetero) is 1. The van der Waals surface area contributed by atoms with E-state index in [1.54, 1.807) is 7.11 Å². The Morgan fingerprint density at radius 1 is 1.31 bits per heavy atom. The fraction of sp³-hybridized carbons (Fsp3) is 0.444. The molecule has 0 saturated heterocycles. The average Bonchev–Trinajstić information content (AvgIpc) is 2.87.